The Morgan fingerprint density at radius 1 is 1.03 bits per heavy atom. The molecular formula is C24H23F2N3O2. The Hall–Kier alpha value is -3.32. The summed E-state index contributed by atoms with van der Waals surface area (Å²) in [6.45, 7) is 1.51. The minimum absolute atomic E-state index is 0.00305. The maximum absolute atomic E-state index is 12.9. The number of fused-ring (bicyclic) bond motifs is 1. The zero-order valence-electron chi connectivity index (χ0n) is 17.1. The van der Waals surface area contributed by atoms with Gasteiger partial charge in [0.1, 0.15) is 5.75 Å². The Balaban J connectivity index is 1.40. The van der Waals surface area contributed by atoms with Gasteiger partial charge >= 0.3 is 6.61 Å². The highest BCUT2D eigenvalue weighted by molar-refractivity contribution is 5.99. The van der Waals surface area contributed by atoms with Gasteiger partial charge in [-0.3, -0.25) is 9.78 Å². The summed E-state index contributed by atoms with van der Waals surface area (Å²) < 4.78 is 29.0. The van der Waals surface area contributed by atoms with Crippen LogP contribution >= 0.6 is 0 Å². The van der Waals surface area contributed by atoms with Crippen molar-refractivity contribution in [3.05, 3.63) is 94.3 Å². The van der Waals surface area contributed by atoms with Crippen LogP contribution in [0, 0.1) is 6.92 Å². The molecule has 1 aliphatic rings. The van der Waals surface area contributed by atoms with E-state index in [0.29, 0.717) is 19.6 Å². The van der Waals surface area contributed by atoms with Crippen molar-refractivity contribution < 1.29 is 18.3 Å². The minimum atomic E-state index is -2.85. The van der Waals surface area contributed by atoms with Crippen LogP contribution in [0.1, 0.15) is 38.2 Å². The Kier molecular flexibility index (Phi) is 6.23. The Morgan fingerprint density at radius 3 is 2.45 bits per heavy atom. The predicted octanol–water partition coefficient (Wildman–Crippen LogP) is 4.44. The van der Waals surface area contributed by atoms with E-state index < -0.39 is 6.61 Å². The van der Waals surface area contributed by atoms with Crippen molar-refractivity contribution in [1.29, 1.82) is 0 Å². The smallest absolute Gasteiger partial charge is 0.387 e. The van der Waals surface area contributed by atoms with Gasteiger partial charge in [0.25, 0.3) is 5.91 Å². The van der Waals surface area contributed by atoms with E-state index in [1.54, 1.807) is 29.4 Å². The summed E-state index contributed by atoms with van der Waals surface area (Å²) >= 11 is 0. The van der Waals surface area contributed by atoms with E-state index >= 15 is 0 Å². The number of rotatable bonds is 8. The maximum Gasteiger partial charge on any atom is 0.387 e. The third-order valence-electron chi connectivity index (χ3n) is 5.27. The number of nitrogens with zero attached hydrogens (tertiary/aromatic N) is 2. The number of halogens is 2. The number of alkyl halides is 2. The summed E-state index contributed by atoms with van der Waals surface area (Å²) in [4.78, 5) is 18.7. The first-order chi connectivity index (χ1) is 15.0. The van der Waals surface area contributed by atoms with Crippen molar-refractivity contribution in [1.82, 2.24) is 15.2 Å². The van der Waals surface area contributed by atoms with Crippen LogP contribution in [0.5, 0.6) is 5.75 Å². The first-order valence-electron chi connectivity index (χ1n) is 10.0. The largest absolute Gasteiger partial charge is 0.435 e. The predicted molar refractivity (Wildman–Crippen MR) is 113 cm³/mol. The topological polar surface area (TPSA) is 54.5 Å². The molecule has 2 aromatic carbocycles. The number of aromatic nitrogens is 1. The lowest BCUT2D eigenvalue weighted by molar-refractivity contribution is -0.0498. The van der Waals surface area contributed by atoms with Crippen LogP contribution in [0.15, 0.2) is 60.9 Å². The summed E-state index contributed by atoms with van der Waals surface area (Å²) in [7, 11) is 0. The summed E-state index contributed by atoms with van der Waals surface area (Å²) in [6.07, 6.45) is 3.55. The fourth-order valence-corrected chi connectivity index (χ4v) is 3.89. The number of carbonyl (C=O) groups is 1. The van der Waals surface area contributed by atoms with Crippen molar-refractivity contribution >= 4 is 5.91 Å². The number of carbonyl (C=O) groups excluding carboxylic acids is 1. The van der Waals surface area contributed by atoms with Gasteiger partial charge in [-0.15, -0.1) is 0 Å². The molecule has 3 aromatic rings. The lowest BCUT2D eigenvalue weighted by Crippen LogP contribution is -2.23. The molecule has 1 amide bonds. The fraction of sp³-hybridized carbons (Fsp3) is 0.250. The second-order valence-corrected chi connectivity index (χ2v) is 7.59. The number of aryl methyl sites for hydroxylation is 1. The summed E-state index contributed by atoms with van der Waals surface area (Å²) in [5.41, 5.74) is 5.90. The summed E-state index contributed by atoms with van der Waals surface area (Å²) in [5.74, 6) is 0.103. The number of benzene rings is 2. The van der Waals surface area contributed by atoms with E-state index in [2.05, 4.69) is 27.2 Å². The van der Waals surface area contributed by atoms with E-state index in [0.717, 1.165) is 34.4 Å². The minimum Gasteiger partial charge on any atom is -0.435 e. The second kappa shape index (κ2) is 9.22. The van der Waals surface area contributed by atoms with Crippen molar-refractivity contribution in [3.8, 4) is 5.75 Å². The van der Waals surface area contributed by atoms with Crippen molar-refractivity contribution in [2.24, 2.45) is 0 Å². The molecule has 0 aliphatic carbocycles. The third-order valence-corrected chi connectivity index (χ3v) is 5.27. The molecule has 0 saturated heterocycles. The Bertz CT molecular complexity index is 1060. The van der Waals surface area contributed by atoms with Crippen LogP contribution < -0.4 is 10.1 Å². The van der Waals surface area contributed by atoms with Crippen LogP contribution in [0.3, 0.4) is 0 Å². The first kappa shape index (κ1) is 20.9. The molecule has 1 aromatic heterocycles. The molecule has 0 fully saturated rings. The monoisotopic (exact) mass is 423 g/mol. The number of pyridine rings is 1. The van der Waals surface area contributed by atoms with Crippen LogP contribution in [0.4, 0.5) is 8.78 Å². The Morgan fingerprint density at radius 2 is 1.74 bits per heavy atom. The first-order valence-corrected chi connectivity index (χ1v) is 10.0. The molecule has 0 bridgehead atoms. The third kappa shape index (κ3) is 5.06. The summed E-state index contributed by atoms with van der Waals surface area (Å²) in [5, 5.41) is 3.43. The van der Waals surface area contributed by atoms with Gasteiger partial charge in [0.2, 0.25) is 0 Å². The normalized spacial score (nSPS) is 13.0. The van der Waals surface area contributed by atoms with Gasteiger partial charge in [0.15, 0.2) is 0 Å². The molecule has 5 nitrogen and oxygen atoms in total. The number of amides is 1. The van der Waals surface area contributed by atoms with Gasteiger partial charge in [-0.25, -0.2) is 0 Å². The van der Waals surface area contributed by atoms with Crippen LogP contribution in [-0.4, -0.2) is 22.4 Å². The fourth-order valence-electron chi connectivity index (χ4n) is 3.89. The van der Waals surface area contributed by atoms with Crippen molar-refractivity contribution in [2.75, 3.05) is 0 Å². The van der Waals surface area contributed by atoms with Gasteiger partial charge in [-0.2, -0.15) is 8.78 Å². The van der Waals surface area contributed by atoms with Crippen LogP contribution in [-0.2, 0) is 26.2 Å². The lowest BCUT2D eigenvalue weighted by atomic mass is 10.0. The van der Waals surface area contributed by atoms with Crippen LogP contribution in [0.25, 0.3) is 0 Å². The van der Waals surface area contributed by atoms with E-state index in [4.69, 9.17) is 0 Å². The molecule has 0 radical (unpaired) electrons. The van der Waals surface area contributed by atoms with Crippen LogP contribution in [0.2, 0.25) is 0 Å². The van der Waals surface area contributed by atoms with Gasteiger partial charge in [0, 0.05) is 44.1 Å². The molecule has 31 heavy (non-hydrogen) atoms. The van der Waals surface area contributed by atoms with Gasteiger partial charge < -0.3 is 15.0 Å². The molecule has 0 atom stereocenters. The van der Waals surface area contributed by atoms with Crippen molar-refractivity contribution in [2.45, 2.75) is 39.7 Å². The van der Waals surface area contributed by atoms with E-state index in [-0.39, 0.29) is 11.7 Å². The highest BCUT2D eigenvalue weighted by atomic mass is 19.3. The molecular weight excluding hydrogens is 400 g/mol. The molecule has 7 heteroatoms. The van der Waals surface area contributed by atoms with Gasteiger partial charge in [-0.05, 0) is 59.0 Å². The molecule has 0 spiro atoms. The molecule has 1 aliphatic heterocycles. The number of ether oxygens (including phenoxy) is 1. The number of hydrogen-bond donors (Lipinski definition) is 1. The average molecular weight is 423 g/mol. The van der Waals surface area contributed by atoms with E-state index in [9.17, 15) is 13.6 Å². The van der Waals surface area contributed by atoms with E-state index in [1.807, 2.05) is 19.1 Å². The standard InChI is InChI=1S/C24H23F2N3O2/c1-16-10-19(13-28-12-17-6-8-27-9-7-17)11-20-15-29(23(30)22(16)20)14-18-2-4-21(5-3-18)31-24(25)26/h2-11,24,28H,12-15H2,1H3. The van der Waals surface area contributed by atoms with Crippen molar-refractivity contribution in [3.63, 3.8) is 0 Å². The lowest BCUT2D eigenvalue weighted by Gasteiger charge is -2.16. The molecule has 0 saturated carbocycles. The average Bonchev–Trinajstić information content (AvgIpc) is 3.05. The zero-order valence-corrected chi connectivity index (χ0v) is 17.1. The second-order valence-electron chi connectivity index (χ2n) is 7.59. The highest BCUT2D eigenvalue weighted by Crippen LogP contribution is 2.29. The van der Waals surface area contributed by atoms with Gasteiger partial charge in [-0.1, -0.05) is 24.3 Å². The molecule has 1 N–H and O–H groups in total. The highest BCUT2D eigenvalue weighted by Gasteiger charge is 2.29. The Labute approximate surface area is 179 Å². The summed E-state index contributed by atoms with van der Waals surface area (Å²) in [6, 6.07) is 14.5. The molecule has 160 valence electrons. The molecule has 0 unspecified atom stereocenters. The maximum atomic E-state index is 12.9. The van der Waals surface area contributed by atoms with Gasteiger partial charge in [0.05, 0.1) is 0 Å². The number of hydrogen-bond acceptors (Lipinski definition) is 4. The van der Waals surface area contributed by atoms with E-state index in [1.165, 1.54) is 17.7 Å². The molecule has 4 rings (SSSR count). The zero-order chi connectivity index (χ0) is 21.8. The SMILES string of the molecule is Cc1cc(CNCc2ccncc2)cc2c1C(=O)N(Cc1ccc(OC(F)F)cc1)C2. The number of nitrogens with one attached hydrogen (secondary N) is 1. The molecule has 2 heterocycles. The quantitative estimate of drug-likeness (QED) is 0.582.